The van der Waals surface area contributed by atoms with E-state index in [0.717, 1.165) is 36.0 Å². The number of nitrogens with one attached hydrogen (secondary N) is 1. The first-order valence-electron chi connectivity index (χ1n) is 12.0. The SMILES string of the molecule is CNc1csc(C2CCCN(C(=O)OCc3ccccc3)C2)c1C(=O)O.O=CCCc1ccccc1. The van der Waals surface area contributed by atoms with E-state index in [1.54, 1.807) is 11.9 Å². The molecule has 0 aliphatic carbocycles. The van der Waals surface area contributed by atoms with Gasteiger partial charge < -0.3 is 24.9 Å². The highest BCUT2D eigenvalue weighted by Crippen LogP contribution is 2.37. The normalized spacial score (nSPS) is 14.8. The van der Waals surface area contributed by atoms with Gasteiger partial charge in [-0.3, -0.25) is 0 Å². The molecule has 0 saturated carbocycles. The van der Waals surface area contributed by atoms with Gasteiger partial charge in [0.05, 0.1) is 11.3 Å². The number of thiophene rings is 1. The molecular formula is C28H32N2O5S. The molecule has 2 heterocycles. The largest absolute Gasteiger partial charge is 0.478 e. The average molecular weight is 509 g/mol. The molecule has 1 aromatic heterocycles. The van der Waals surface area contributed by atoms with Gasteiger partial charge in [0, 0.05) is 42.7 Å². The number of hydrogen-bond donors (Lipinski definition) is 2. The Morgan fingerprint density at radius 2 is 1.78 bits per heavy atom. The van der Waals surface area contributed by atoms with E-state index < -0.39 is 5.97 Å². The summed E-state index contributed by atoms with van der Waals surface area (Å²) in [6.07, 6.45) is 3.80. The van der Waals surface area contributed by atoms with Crippen LogP contribution in [0.5, 0.6) is 0 Å². The molecule has 1 amide bonds. The second-order valence-electron chi connectivity index (χ2n) is 8.46. The number of piperidine rings is 1. The molecule has 2 N–H and O–H groups in total. The van der Waals surface area contributed by atoms with Crippen LogP contribution < -0.4 is 5.32 Å². The third-order valence-electron chi connectivity index (χ3n) is 5.95. The van der Waals surface area contributed by atoms with Gasteiger partial charge in [0.15, 0.2) is 0 Å². The van der Waals surface area contributed by atoms with E-state index in [2.05, 4.69) is 5.32 Å². The first kappa shape index (κ1) is 26.9. The number of ether oxygens (including phenoxy) is 1. The molecule has 1 saturated heterocycles. The zero-order chi connectivity index (χ0) is 25.8. The van der Waals surface area contributed by atoms with Gasteiger partial charge in [-0.25, -0.2) is 9.59 Å². The molecule has 4 rings (SSSR count). The molecule has 1 atom stereocenters. The lowest BCUT2D eigenvalue weighted by Gasteiger charge is -2.32. The monoisotopic (exact) mass is 508 g/mol. The molecule has 0 radical (unpaired) electrons. The summed E-state index contributed by atoms with van der Waals surface area (Å²) in [6.45, 7) is 1.36. The second-order valence-corrected chi connectivity index (χ2v) is 9.37. The van der Waals surface area contributed by atoms with Crippen molar-refractivity contribution in [1.82, 2.24) is 4.90 Å². The molecular weight excluding hydrogens is 476 g/mol. The average Bonchev–Trinajstić information content (AvgIpc) is 3.37. The van der Waals surface area contributed by atoms with Crippen molar-refractivity contribution >= 4 is 35.4 Å². The number of benzene rings is 2. The second kappa shape index (κ2) is 14.0. The number of aldehydes is 1. The number of nitrogens with zero attached hydrogens (tertiary/aromatic N) is 1. The summed E-state index contributed by atoms with van der Waals surface area (Å²) in [6, 6.07) is 19.6. The van der Waals surface area contributed by atoms with Crippen molar-refractivity contribution in [2.24, 2.45) is 0 Å². The van der Waals surface area contributed by atoms with E-state index >= 15 is 0 Å². The molecule has 190 valence electrons. The summed E-state index contributed by atoms with van der Waals surface area (Å²) in [5, 5.41) is 14.3. The quantitative estimate of drug-likeness (QED) is 0.372. The van der Waals surface area contributed by atoms with E-state index in [9.17, 15) is 19.5 Å². The fourth-order valence-electron chi connectivity index (χ4n) is 4.12. The summed E-state index contributed by atoms with van der Waals surface area (Å²) in [7, 11) is 1.71. The summed E-state index contributed by atoms with van der Waals surface area (Å²) < 4.78 is 5.42. The van der Waals surface area contributed by atoms with Crippen molar-refractivity contribution in [3.63, 3.8) is 0 Å². The number of aromatic carboxylic acids is 1. The Hall–Kier alpha value is -3.65. The molecule has 7 nitrogen and oxygen atoms in total. The zero-order valence-electron chi connectivity index (χ0n) is 20.4. The van der Waals surface area contributed by atoms with Gasteiger partial charge in [-0.1, -0.05) is 60.7 Å². The van der Waals surface area contributed by atoms with Gasteiger partial charge in [-0.05, 0) is 30.4 Å². The Morgan fingerprint density at radius 1 is 1.11 bits per heavy atom. The summed E-state index contributed by atoms with van der Waals surface area (Å²) in [4.78, 5) is 36.5. The van der Waals surface area contributed by atoms with Crippen LogP contribution in [-0.4, -0.2) is 48.5 Å². The molecule has 3 aromatic rings. The van der Waals surface area contributed by atoms with Gasteiger partial charge in [0.1, 0.15) is 12.9 Å². The number of amides is 1. The third-order valence-corrected chi connectivity index (χ3v) is 7.10. The number of carbonyl (C=O) groups is 3. The first-order valence-corrected chi connectivity index (χ1v) is 12.9. The number of hydrogen-bond acceptors (Lipinski definition) is 6. The van der Waals surface area contributed by atoms with E-state index in [0.29, 0.717) is 30.8 Å². The van der Waals surface area contributed by atoms with E-state index in [1.165, 1.54) is 16.9 Å². The Morgan fingerprint density at radius 3 is 2.39 bits per heavy atom. The van der Waals surface area contributed by atoms with Crippen molar-refractivity contribution in [3.05, 3.63) is 87.6 Å². The smallest absolute Gasteiger partial charge is 0.410 e. The molecule has 1 unspecified atom stereocenters. The lowest BCUT2D eigenvalue weighted by molar-refractivity contribution is -0.107. The summed E-state index contributed by atoms with van der Waals surface area (Å²) in [5.41, 5.74) is 3.12. The van der Waals surface area contributed by atoms with Gasteiger partial charge in [0.2, 0.25) is 0 Å². The molecule has 2 aromatic carbocycles. The minimum Gasteiger partial charge on any atom is -0.478 e. The molecule has 0 spiro atoms. The summed E-state index contributed by atoms with van der Waals surface area (Å²) in [5.74, 6) is -0.916. The zero-order valence-corrected chi connectivity index (χ0v) is 21.2. The lowest BCUT2D eigenvalue weighted by atomic mass is 9.94. The van der Waals surface area contributed by atoms with Gasteiger partial charge in [-0.2, -0.15) is 0 Å². The fourth-order valence-corrected chi connectivity index (χ4v) is 5.30. The minimum atomic E-state index is -0.936. The molecule has 36 heavy (non-hydrogen) atoms. The van der Waals surface area contributed by atoms with Crippen LogP contribution in [0.3, 0.4) is 0 Å². The van der Waals surface area contributed by atoms with Crippen molar-refractivity contribution in [3.8, 4) is 0 Å². The van der Waals surface area contributed by atoms with Crippen molar-refractivity contribution in [2.75, 3.05) is 25.5 Å². The maximum Gasteiger partial charge on any atom is 0.410 e. The van der Waals surface area contributed by atoms with Gasteiger partial charge in [0.25, 0.3) is 0 Å². The van der Waals surface area contributed by atoms with Crippen LogP contribution in [0, 0.1) is 0 Å². The Labute approximate surface area is 215 Å². The molecule has 1 aliphatic rings. The van der Waals surface area contributed by atoms with Gasteiger partial charge >= 0.3 is 12.1 Å². The van der Waals surface area contributed by atoms with Crippen LogP contribution in [-0.2, 0) is 22.6 Å². The van der Waals surface area contributed by atoms with Crippen molar-refractivity contribution in [1.29, 1.82) is 0 Å². The third kappa shape index (κ3) is 7.68. The minimum absolute atomic E-state index is 0.0197. The van der Waals surface area contributed by atoms with E-state index in [-0.39, 0.29) is 18.6 Å². The van der Waals surface area contributed by atoms with Crippen LogP contribution >= 0.6 is 11.3 Å². The van der Waals surface area contributed by atoms with Gasteiger partial charge in [-0.15, -0.1) is 11.3 Å². The van der Waals surface area contributed by atoms with Crippen LogP contribution in [0.4, 0.5) is 10.5 Å². The highest BCUT2D eigenvalue weighted by Gasteiger charge is 2.30. The highest BCUT2D eigenvalue weighted by molar-refractivity contribution is 7.11. The lowest BCUT2D eigenvalue weighted by Crippen LogP contribution is -2.39. The molecule has 1 aliphatic heterocycles. The van der Waals surface area contributed by atoms with Crippen LogP contribution in [0.1, 0.15) is 51.5 Å². The van der Waals surface area contributed by atoms with Crippen molar-refractivity contribution < 1.29 is 24.2 Å². The van der Waals surface area contributed by atoms with Crippen LogP contribution in [0.2, 0.25) is 0 Å². The summed E-state index contributed by atoms with van der Waals surface area (Å²) >= 11 is 1.44. The molecule has 0 bridgehead atoms. The molecule has 8 heteroatoms. The fraction of sp³-hybridized carbons (Fsp3) is 0.321. The number of anilines is 1. The number of carboxylic acid groups (broad SMARTS) is 1. The number of rotatable bonds is 8. The van der Waals surface area contributed by atoms with Crippen LogP contribution in [0.25, 0.3) is 0 Å². The number of aryl methyl sites for hydroxylation is 1. The predicted octanol–water partition coefficient (Wildman–Crippen LogP) is 5.82. The number of carboxylic acids is 1. The van der Waals surface area contributed by atoms with E-state index in [4.69, 9.17) is 4.74 Å². The van der Waals surface area contributed by atoms with E-state index in [1.807, 2.05) is 66.0 Å². The Balaban J connectivity index is 0.000000303. The number of likely N-dealkylation sites (tertiary alicyclic amines) is 1. The molecule has 1 fully saturated rings. The number of carbonyl (C=O) groups excluding carboxylic acids is 2. The Bertz CT molecular complexity index is 1120. The first-order chi connectivity index (χ1) is 17.5. The van der Waals surface area contributed by atoms with Crippen LogP contribution in [0.15, 0.2) is 66.0 Å². The highest BCUT2D eigenvalue weighted by atomic mass is 32.1. The van der Waals surface area contributed by atoms with Crippen molar-refractivity contribution in [2.45, 2.75) is 38.2 Å². The standard InChI is InChI=1S/C19H22N2O4S.C9H10O/c1-20-15-12-26-17(16(15)18(22)23)14-8-5-9-21(10-14)19(24)25-11-13-6-3-2-4-7-13;10-8-4-7-9-5-2-1-3-6-9/h2-4,6-7,12,14,20H,5,8-11H2,1H3,(H,22,23);1-3,5-6,8H,4,7H2. The predicted molar refractivity (Wildman–Crippen MR) is 142 cm³/mol. The maximum atomic E-state index is 12.4. The Kier molecular flexibility index (Phi) is 10.5. The topological polar surface area (TPSA) is 95.9 Å². The maximum absolute atomic E-state index is 12.4.